The van der Waals surface area contributed by atoms with Gasteiger partial charge in [-0.3, -0.25) is 10.2 Å². The van der Waals surface area contributed by atoms with Crippen molar-refractivity contribution in [3.63, 3.8) is 0 Å². The standard InChI is InChI=1S/C21H30FN3O4/c22-21-16(14-29-20(26)12-19(23)24)2-1-3-18(21)25-8-4-17(5-9-25)28-13-15-6-10-27-11-7-15/h1-3,15,17H,4-14H2,(H3,23,24). The Bertz CT molecular complexity index is 701. The Morgan fingerprint density at radius 3 is 2.66 bits per heavy atom. The highest BCUT2D eigenvalue weighted by molar-refractivity contribution is 5.94. The van der Waals surface area contributed by atoms with Crippen LogP contribution in [-0.2, 0) is 25.6 Å². The molecule has 0 atom stereocenters. The fraction of sp³-hybridized carbons (Fsp3) is 0.619. The average Bonchev–Trinajstić information content (AvgIpc) is 2.72. The molecule has 2 fully saturated rings. The molecule has 7 nitrogen and oxygen atoms in total. The summed E-state index contributed by atoms with van der Waals surface area (Å²) in [6, 6.07) is 5.11. The average molecular weight is 407 g/mol. The van der Waals surface area contributed by atoms with Crippen molar-refractivity contribution >= 4 is 17.5 Å². The van der Waals surface area contributed by atoms with E-state index in [4.69, 9.17) is 25.4 Å². The van der Waals surface area contributed by atoms with E-state index in [2.05, 4.69) is 0 Å². The molecule has 2 heterocycles. The number of amidine groups is 1. The second kappa shape index (κ2) is 10.5. The Labute approximate surface area is 170 Å². The minimum atomic E-state index is -0.634. The van der Waals surface area contributed by atoms with E-state index in [-0.39, 0.29) is 30.8 Å². The van der Waals surface area contributed by atoms with Gasteiger partial charge in [0.05, 0.1) is 11.8 Å². The summed E-state index contributed by atoms with van der Waals surface area (Å²) in [6.07, 6.45) is 3.78. The van der Waals surface area contributed by atoms with E-state index >= 15 is 0 Å². The lowest BCUT2D eigenvalue weighted by molar-refractivity contribution is -0.143. The fourth-order valence-corrected chi connectivity index (χ4v) is 3.74. The quantitative estimate of drug-likeness (QED) is 0.391. The number of anilines is 1. The third-order valence-electron chi connectivity index (χ3n) is 5.47. The zero-order valence-corrected chi connectivity index (χ0v) is 16.7. The number of nitrogens with one attached hydrogen (secondary N) is 1. The summed E-state index contributed by atoms with van der Waals surface area (Å²) in [5.74, 6) is -0.692. The number of rotatable bonds is 8. The molecule has 0 saturated carbocycles. The number of hydrogen-bond acceptors (Lipinski definition) is 6. The normalized spacial score (nSPS) is 18.6. The predicted molar refractivity (Wildman–Crippen MR) is 107 cm³/mol. The van der Waals surface area contributed by atoms with E-state index in [1.807, 2.05) is 4.90 Å². The lowest BCUT2D eigenvalue weighted by atomic mass is 10.0. The smallest absolute Gasteiger partial charge is 0.313 e. The van der Waals surface area contributed by atoms with Gasteiger partial charge in [-0.2, -0.15) is 0 Å². The molecular formula is C21H30FN3O4. The van der Waals surface area contributed by atoms with Crippen molar-refractivity contribution in [3.8, 4) is 0 Å². The Kier molecular flexibility index (Phi) is 7.83. The second-order valence-corrected chi connectivity index (χ2v) is 7.69. The van der Waals surface area contributed by atoms with Crippen LogP contribution in [-0.4, -0.2) is 50.8 Å². The van der Waals surface area contributed by atoms with Crippen LogP contribution in [0.15, 0.2) is 18.2 Å². The molecule has 1 aromatic rings. The first kappa shape index (κ1) is 21.5. The molecule has 1 aromatic carbocycles. The van der Waals surface area contributed by atoms with Gasteiger partial charge in [0.2, 0.25) is 0 Å². The molecule has 0 spiro atoms. The summed E-state index contributed by atoms with van der Waals surface area (Å²) < 4.78 is 31.4. The monoisotopic (exact) mass is 407 g/mol. The van der Waals surface area contributed by atoms with Crippen molar-refractivity contribution in [1.29, 1.82) is 5.41 Å². The van der Waals surface area contributed by atoms with Gasteiger partial charge in [-0.05, 0) is 37.7 Å². The number of hydrogen-bond donors (Lipinski definition) is 2. The first-order valence-electron chi connectivity index (χ1n) is 10.2. The van der Waals surface area contributed by atoms with E-state index in [1.165, 1.54) is 0 Å². The fourth-order valence-electron chi connectivity index (χ4n) is 3.74. The van der Waals surface area contributed by atoms with Crippen LogP contribution in [0.25, 0.3) is 0 Å². The van der Waals surface area contributed by atoms with Gasteiger partial charge in [0.1, 0.15) is 18.9 Å². The molecule has 2 aliphatic heterocycles. The molecule has 3 N–H and O–H groups in total. The molecule has 0 aliphatic carbocycles. The van der Waals surface area contributed by atoms with Crippen molar-refractivity contribution in [2.45, 2.75) is 44.8 Å². The first-order valence-corrected chi connectivity index (χ1v) is 10.2. The summed E-state index contributed by atoms with van der Waals surface area (Å²) >= 11 is 0. The minimum absolute atomic E-state index is 0.170. The Morgan fingerprint density at radius 1 is 1.24 bits per heavy atom. The Balaban J connectivity index is 1.48. The van der Waals surface area contributed by atoms with Crippen LogP contribution in [0.1, 0.15) is 37.7 Å². The van der Waals surface area contributed by atoms with Gasteiger partial charge < -0.3 is 24.8 Å². The van der Waals surface area contributed by atoms with E-state index < -0.39 is 5.97 Å². The van der Waals surface area contributed by atoms with Gasteiger partial charge in [0.15, 0.2) is 5.82 Å². The molecule has 160 valence electrons. The summed E-state index contributed by atoms with van der Waals surface area (Å²) in [5.41, 5.74) is 6.01. The van der Waals surface area contributed by atoms with Crippen molar-refractivity contribution in [3.05, 3.63) is 29.6 Å². The summed E-state index contributed by atoms with van der Waals surface area (Å²) in [6.45, 7) is 3.71. The molecule has 0 bridgehead atoms. The van der Waals surface area contributed by atoms with Gasteiger partial charge >= 0.3 is 5.97 Å². The van der Waals surface area contributed by atoms with Crippen LogP contribution in [0.5, 0.6) is 0 Å². The summed E-state index contributed by atoms with van der Waals surface area (Å²) in [5, 5.41) is 7.10. The second-order valence-electron chi connectivity index (χ2n) is 7.69. The molecular weight excluding hydrogens is 377 g/mol. The van der Waals surface area contributed by atoms with Crippen molar-refractivity contribution < 1.29 is 23.4 Å². The highest BCUT2D eigenvalue weighted by Crippen LogP contribution is 2.27. The lowest BCUT2D eigenvalue weighted by Gasteiger charge is -2.35. The number of carbonyl (C=O) groups is 1. The van der Waals surface area contributed by atoms with E-state index in [0.29, 0.717) is 17.2 Å². The molecule has 0 unspecified atom stereocenters. The minimum Gasteiger partial charge on any atom is -0.460 e. The topological polar surface area (TPSA) is 97.9 Å². The van der Waals surface area contributed by atoms with Crippen molar-refractivity contribution in [2.75, 3.05) is 37.8 Å². The van der Waals surface area contributed by atoms with Gasteiger partial charge in [-0.25, -0.2) is 4.39 Å². The molecule has 0 amide bonds. The number of piperidine rings is 1. The number of esters is 1. The van der Waals surface area contributed by atoms with E-state index in [9.17, 15) is 9.18 Å². The number of benzene rings is 1. The lowest BCUT2D eigenvalue weighted by Crippen LogP contribution is -2.38. The third kappa shape index (κ3) is 6.40. The zero-order chi connectivity index (χ0) is 20.6. The van der Waals surface area contributed by atoms with Gasteiger partial charge in [-0.15, -0.1) is 0 Å². The molecule has 8 heteroatoms. The number of nitrogens with zero attached hydrogens (tertiary/aromatic N) is 1. The number of carbonyl (C=O) groups excluding carboxylic acids is 1. The highest BCUT2D eigenvalue weighted by Gasteiger charge is 2.24. The third-order valence-corrected chi connectivity index (χ3v) is 5.47. The van der Waals surface area contributed by atoms with E-state index in [1.54, 1.807) is 18.2 Å². The Hall–Kier alpha value is -2.19. The van der Waals surface area contributed by atoms with Gasteiger partial charge in [0.25, 0.3) is 0 Å². The first-order chi connectivity index (χ1) is 14.0. The van der Waals surface area contributed by atoms with Crippen molar-refractivity contribution in [2.24, 2.45) is 11.7 Å². The molecule has 2 saturated heterocycles. The largest absolute Gasteiger partial charge is 0.460 e. The number of ether oxygens (including phenoxy) is 3. The SMILES string of the molecule is N=C(N)CC(=O)OCc1cccc(N2CCC(OCC3CCOCC3)CC2)c1F. The van der Waals surface area contributed by atoms with Crippen molar-refractivity contribution in [1.82, 2.24) is 0 Å². The summed E-state index contributed by atoms with van der Waals surface area (Å²) in [4.78, 5) is 13.6. The number of nitrogens with two attached hydrogens (primary N) is 1. The van der Waals surface area contributed by atoms with Gasteiger partial charge in [-0.1, -0.05) is 12.1 Å². The van der Waals surface area contributed by atoms with Gasteiger partial charge in [0, 0.05) is 38.5 Å². The maximum atomic E-state index is 14.9. The maximum absolute atomic E-state index is 14.9. The van der Waals surface area contributed by atoms with Crippen LogP contribution in [0.3, 0.4) is 0 Å². The van der Waals surface area contributed by atoms with Crippen LogP contribution in [0.2, 0.25) is 0 Å². The predicted octanol–water partition coefficient (Wildman–Crippen LogP) is 2.61. The number of halogens is 1. The van der Waals surface area contributed by atoms with Crippen LogP contribution < -0.4 is 10.6 Å². The molecule has 0 aromatic heterocycles. The maximum Gasteiger partial charge on any atom is 0.313 e. The zero-order valence-electron chi connectivity index (χ0n) is 16.7. The molecule has 3 rings (SSSR count). The molecule has 29 heavy (non-hydrogen) atoms. The Morgan fingerprint density at radius 2 is 1.97 bits per heavy atom. The van der Waals surface area contributed by atoms with E-state index in [0.717, 1.165) is 58.6 Å². The highest BCUT2D eigenvalue weighted by atomic mass is 19.1. The van der Waals surface area contributed by atoms with Crippen LogP contribution in [0, 0.1) is 17.1 Å². The summed E-state index contributed by atoms with van der Waals surface area (Å²) in [7, 11) is 0. The molecule has 2 aliphatic rings. The molecule has 0 radical (unpaired) electrons. The van der Waals surface area contributed by atoms with Crippen LogP contribution in [0.4, 0.5) is 10.1 Å². The van der Waals surface area contributed by atoms with Crippen LogP contribution >= 0.6 is 0 Å².